The van der Waals surface area contributed by atoms with Crippen molar-refractivity contribution in [1.29, 1.82) is 0 Å². The van der Waals surface area contributed by atoms with Gasteiger partial charge in [0.2, 0.25) is 0 Å². The van der Waals surface area contributed by atoms with E-state index in [1.807, 2.05) is 30.3 Å². The molecular weight excluding hydrogens is 431 g/mol. The van der Waals surface area contributed by atoms with E-state index in [9.17, 15) is 9.36 Å². The fourth-order valence-corrected chi connectivity index (χ4v) is 4.20. The lowest BCUT2D eigenvalue weighted by atomic mass is 9.89. The van der Waals surface area contributed by atoms with Crippen molar-refractivity contribution in [2.24, 2.45) is 0 Å². The lowest BCUT2D eigenvalue weighted by Gasteiger charge is -2.23. The maximum atomic E-state index is 12.5. The lowest BCUT2D eigenvalue weighted by Crippen LogP contribution is -2.20. The van der Waals surface area contributed by atoms with Crippen molar-refractivity contribution >= 4 is 25.9 Å². The molecule has 0 aliphatic carbocycles. The number of carbonyl (C=O) groups excluding carboxylic acids is 1. The summed E-state index contributed by atoms with van der Waals surface area (Å²) in [5.74, 6) is 0.815. The predicted octanol–water partition coefficient (Wildman–Crippen LogP) is 4.02. The maximum absolute atomic E-state index is 12.5. The molecular formula is C24H21O7P. The van der Waals surface area contributed by atoms with Crippen LogP contribution in [0.15, 0.2) is 60.7 Å². The summed E-state index contributed by atoms with van der Waals surface area (Å²) in [5, 5.41) is 1.57. The number of ether oxygens (including phenoxy) is 2. The van der Waals surface area contributed by atoms with E-state index >= 15 is 0 Å². The number of hydrogen-bond acceptors (Lipinski definition) is 7. The number of rotatable bonds is 6. The fourth-order valence-electron chi connectivity index (χ4n) is 3.53. The molecule has 0 unspecified atom stereocenters. The Morgan fingerprint density at radius 1 is 0.906 bits per heavy atom. The quantitative estimate of drug-likeness (QED) is 0.323. The Balaban J connectivity index is 1.96. The Morgan fingerprint density at radius 2 is 1.66 bits per heavy atom. The highest BCUT2D eigenvalue weighted by molar-refractivity contribution is 7.48. The number of benzene rings is 3. The first kappa shape index (κ1) is 21.8. The average Bonchev–Trinajstić information content (AvgIpc) is 2.81. The molecule has 0 amide bonds. The molecule has 0 aromatic heterocycles. The molecule has 32 heavy (non-hydrogen) atoms. The van der Waals surface area contributed by atoms with E-state index in [4.69, 9.17) is 23.0 Å². The van der Waals surface area contributed by atoms with Crippen LogP contribution in [0.2, 0.25) is 0 Å². The highest BCUT2D eigenvalue weighted by Crippen LogP contribution is 2.49. The summed E-state index contributed by atoms with van der Waals surface area (Å²) in [5.41, 5.74) is 2.62. The first-order valence-corrected chi connectivity index (χ1v) is 11.1. The maximum Gasteiger partial charge on any atom is 0.529 e. The molecule has 4 rings (SSSR count). The van der Waals surface area contributed by atoms with Crippen LogP contribution in [0.25, 0.3) is 12.2 Å². The van der Waals surface area contributed by atoms with Crippen LogP contribution in [-0.2, 0) is 18.3 Å². The van der Waals surface area contributed by atoms with Crippen molar-refractivity contribution in [1.82, 2.24) is 0 Å². The molecule has 3 aromatic carbocycles. The van der Waals surface area contributed by atoms with Gasteiger partial charge in [0.25, 0.3) is 0 Å². The standard InChI is InChI=1S/C24H21O7P/c1-15-9-11-19-21(13-15)30-22-14-16(31-32(26,28-3)29-4)10-12-20(22)23(19)17-7-5-6-8-18(17)24(25)27-2/h5-14H,1H2,2-4H3. The third-order valence-electron chi connectivity index (χ3n) is 5.02. The van der Waals surface area contributed by atoms with Gasteiger partial charge in [0.15, 0.2) is 0 Å². The zero-order valence-electron chi connectivity index (χ0n) is 17.8. The van der Waals surface area contributed by atoms with Gasteiger partial charge in [-0.1, -0.05) is 36.9 Å². The molecule has 7 nitrogen and oxygen atoms in total. The van der Waals surface area contributed by atoms with Gasteiger partial charge in [0, 0.05) is 36.6 Å². The van der Waals surface area contributed by atoms with Gasteiger partial charge in [-0.15, -0.1) is 0 Å². The average molecular weight is 452 g/mol. The van der Waals surface area contributed by atoms with Gasteiger partial charge in [0.05, 0.1) is 12.7 Å². The van der Waals surface area contributed by atoms with Crippen LogP contribution >= 0.6 is 7.82 Å². The van der Waals surface area contributed by atoms with Crippen molar-refractivity contribution in [2.75, 3.05) is 21.3 Å². The molecule has 0 bridgehead atoms. The van der Waals surface area contributed by atoms with E-state index in [1.165, 1.54) is 21.3 Å². The highest BCUT2D eigenvalue weighted by atomic mass is 31.2. The molecule has 0 radical (unpaired) electrons. The molecule has 164 valence electrons. The topological polar surface area (TPSA) is 80.3 Å². The van der Waals surface area contributed by atoms with Crippen LogP contribution in [0.5, 0.6) is 17.2 Å². The van der Waals surface area contributed by atoms with Gasteiger partial charge in [-0.3, -0.25) is 9.05 Å². The van der Waals surface area contributed by atoms with E-state index in [0.717, 1.165) is 21.6 Å². The second kappa shape index (κ2) is 8.63. The molecule has 8 heteroatoms. The smallest absolute Gasteiger partial charge is 0.465 e. The third kappa shape index (κ3) is 3.94. The van der Waals surface area contributed by atoms with E-state index in [0.29, 0.717) is 22.6 Å². The molecule has 0 spiro atoms. The number of hydrogen-bond donors (Lipinski definition) is 0. The molecule has 0 atom stereocenters. The third-order valence-corrected chi connectivity index (χ3v) is 6.35. The summed E-state index contributed by atoms with van der Waals surface area (Å²) < 4.78 is 38.7. The zero-order valence-corrected chi connectivity index (χ0v) is 18.7. The first-order valence-electron chi connectivity index (χ1n) is 9.63. The Labute approximate surface area is 185 Å². The minimum Gasteiger partial charge on any atom is -0.465 e. The van der Waals surface area contributed by atoms with Crippen molar-refractivity contribution in [2.45, 2.75) is 0 Å². The van der Waals surface area contributed by atoms with Crippen molar-refractivity contribution in [3.8, 4) is 17.2 Å². The number of esters is 1. The molecule has 0 N–H and O–H groups in total. The second-order valence-electron chi connectivity index (χ2n) is 6.91. The summed E-state index contributed by atoms with van der Waals surface area (Å²) in [7, 11) is 0.0745. The predicted molar refractivity (Wildman–Crippen MR) is 119 cm³/mol. The van der Waals surface area contributed by atoms with Gasteiger partial charge in [-0.25, -0.2) is 9.36 Å². The van der Waals surface area contributed by atoms with E-state index in [1.54, 1.807) is 30.3 Å². The molecule has 1 aliphatic heterocycles. The van der Waals surface area contributed by atoms with Crippen molar-refractivity contribution in [3.63, 3.8) is 0 Å². The van der Waals surface area contributed by atoms with E-state index in [-0.39, 0.29) is 5.75 Å². The number of fused-ring (bicyclic) bond motifs is 2. The summed E-state index contributed by atoms with van der Waals surface area (Å²) in [6, 6.07) is 17.8. The van der Waals surface area contributed by atoms with Crippen LogP contribution in [0, 0.1) is 0 Å². The van der Waals surface area contributed by atoms with E-state index in [2.05, 4.69) is 6.58 Å². The van der Waals surface area contributed by atoms with Gasteiger partial charge in [-0.05, 0) is 35.0 Å². The van der Waals surface area contributed by atoms with Crippen molar-refractivity contribution in [3.05, 3.63) is 87.8 Å². The Morgan fingerprint density at radius 3 is 2.38 bits per heavy atom. The summed E-state index contributed by atoms with van der Waals surface area (Å²) in [6.45, 7) is 3.97. The molecule has 3 aromatic rings. The SMILES string of the molecule is C=c1ccc2c(c1)Oc1cc(OP(=O)(OC)OC)ccc1C=2c1ccccc1C(=O)OC. The van der Waals surface area contributed by atoms with Gasteiger partial charge in [0.1, 0.15) is 17.2 Å². The molecule has 0 saturated heterocycles. The number of phosphoric ester groups is 1. The number of phosphoric acid groups is 1. The van der Waals surface area contributed by atoms with Gasteiger partial charge in [-0.2, -0.15) is 0 Å². The van der Waals surface area contributed by atoms with E-state index < -0.39 is 13.8 Å². The minimum atomic E-state index is -3.74. The summed E-state index contributed by atoms with van der Waals surface area (Å²) >= 11 is 0. The molecule has 1 aliphatic rings. The Kier molecular flexibility index (Phi) is 5.89. The monoisotopic (exact) mass is 452 g/mol. The second-order valence-corrected chi connectivity index (χ2v) is 8.71. The van der Waals surface area contributed by atoms with Crippen LogP contribution in [0.3, 0.4) is 0 Å². The van der Waals surface area contributed by atoms with Gasteiger partial charge < -0.3 is 14.0 Å². The van der Waals surface area contributed by atoms with Crippen LogP contribution in [0.4, 0.5) is 0 Å². The molecule has 0 fully saturated rings. The largest absolute Gasteiger partial charge is 0.529 e. The Hall–Kier alpha value is -3.38. The lowest BCUT2D eigenvalue weighted by molar-refractivity contribution is 0.0600. The normalized spacial score (nSPS) is 12.4. The molecule has 0 saturated carbocycles. The molecule has 1 heterocycles. The van der Waals surface area contributed by atoms with Crippen LogP contribution in [0.1, 0.15) is 21.5 Å². The first-order chi connectivity index (χ1) is 15.4. The fraction of sp³-hybridized carbons (Fsp3) is 0.125. The summed E-state index contributed by atoms with van der Waals surface area (Å²) in [6.07, 6.45) is 0. The Bertz CT molecular complexity index is 1360. The summed E-state index contributed by atoms with van der Waals surface area (Å²) in [4.78, 5) is 12.5. The van der Waals surface area contributed by atoms with Crippen molar-refractivity contribution < 1.29 is 32.4 Å². The number of methoxy groups -OCH3 is 1. The zero-order chi connectivity index (χ0) is 22.9. The van der Waals surface area contributed by atoms with Crippen LogP contribution < -0.4 is 19.7 Å². The number of carbonyl (C=O) groups is 1. The van der Waals surface area contributed by atoms with Crippen LogP contribution in [-0.4, -0.2) is 27.3 Å². The minimum absolute atomic E-state index is 0.241. The highest BCUT2D eigenvalue weighted by Gasteiger charge is 2.28. The van der Waals surface area contributed by atoms with Gasteiger partial charge >= 0.3 is 13.8 Å².